The SMILES string of the molecule is C[C@H](OC(=O)C(c1ccccc1)N1CCC(F)(F)CC1)c1ccccc1. The number of esters is 1. The first-order chi connectivity index (χ1) is 12.5. The van der Waals surface area contributed by atoms with E-state index in [1.54, 1.807) is 4.90 Å². The zero-order valence-corrected chi connectivity index (χ0v) is 14.8. The number of piperidine rings is 1. The van der Waals surface area contributed by atoms with E-state index in [9.17, 15) is 13.6 Å². The third-order valence-electron chi connectivity index (χ3n) is 4.80. The molecule has 0 N–H and O–H groups in total. The van der Waals surface area contributed by atoms with Crippen molar-refractivity contribution >= 4 is 5.97 Å². The van der Waals surface area contributed by atoms with Crippen molar-refractivity contribution < 1.29 is 18.3 Å². The van der Waals surface area contributed by atoms with Crippen LogP contribution in [0.25, 0.3) is 0 Å². The summed E-state index contributed by atoms with van der Waals surface area (Å²) in [5.41, 5.74) is 1.67. The lowest BCUT2D eigenvalue weighted by Crippen LogP contribution is -2.44. The molecule has 5 heteroatoms. The van der Waals surface area contributed by atoms with E-state index in [1.807, 2.05) is 67.6 Å². The molecule has 0 bridgehead atoms. The Morgan fingerprint density at radius 1 is 0.962 bits per heavy atom. The molecule has 138 valence electrons. The summed E-state index contributed by atoms with van der Waals surface area (Å²) >= 11 is 0. The molecule has 1 saturated heterocycles. The van der Waals surface area contributed by atoms with E-state index in [-0.39, 0.29) is 25.9 Å². The molecule has 2 aromatic rings. The first-order valence-electron chi connectivity index (χ1n) is 8.88. The zero-order chi connectivity index (χ0) is 18.6. The third-order valence-corrected chi connectivity index (χ3v) is 4.80. The van der Waals surface area contributed by atoms with Gasteiger partial charge in [-0.05, 0) is 18.1 Å². The van der Waals surface area contributed by atoms with Crippen molar-refractivity contribution in [2.24, 2.45) is 0 Å². The van der Waals surface area contributed by atoms with E-state index >= 15 is 0 Å². The van der Waals surface area contributed by atoms with Gasteiger partial charge in [-0.25, -0.2) is 13.6 Å². The van der Waals surface area contributed by atoms with Crippen LogP contribution in [0.2, 0.25) is 0 Å². The van der Waals surface area contributed by atoms with Gasteiger partial charge in [-0.1, -0.05) is 60.7 Å². The maximum Gasteiger partial charge on any atom is 0.328 e. The van der Waals surface area contributed by atoms with Crippen molar-refractivity contribution in [3.05, 3.63) is 71.8 Å². The molecular weight excluding hydrogens is 336 g/mol. The Kier molecular flexibility index (Phi) is 5.67. The van der Waals surface area contributed by atoms with Gasteiger partial charge in [-0.2, -0.15) is 0 Å². The summed E-state index contributed by atoms with van der Waals surface area (Å²) < 4.78 is 32.8. The van der Waals surface area contributed by atoms with Crippen LogP contribution in [0.1, 0.15) is 43.0 Å². The average molecular weight is 359 g/mol. The highest BCUT2D eigenvalue weighted by Crippen LogP contribution is 2.34. The molecule has 1 aliphatic heterocycles. The lowest BCUT2D eigenvalue weighted by molar-refractivity contribution is -0.158. The van der Waals surface area contributed by atoms with Crippen LogP contribution < -0.4 is 0 Å². The number of hydrogen-bond donors (Lipinski definition) is 0. The standard InChI is InChI=1S/C21H23F2NO2/c1-16(17-8-4-2-5-9-17)26-20(25)19(18-10-6-3-7-11-18)24-14-12-21(22,23)13-15-24/h2-11,16,19H,12-15H2,1H3/t16-,19?/m0/s1. The molecule has 1 unspecified atom stereocenters. The number of nitrogens with zero attached hydrogens (tertiary/aromatic N) is 1. The Bertz CT molecular complexity index is 711. The second kappa shape index (κ2) is 7.96. The van der Waals surface area contributed by atoms with Crippen molar-refractivity contribution in [2.75, 3.05) is 13.1 Å². The van der Waals surface area contributed by atoms with Gasteiger partial charge in [0.25, 0.3) is 5.92 Å². The highest BCUT2D eigenvalue weighted by atomic mass is 19.3. The van der Waals surface area contributed by atoms with Gasteiger partial charge in [0, 0.05) is 25.9 Å². The van der Waals surface area contributed by atoms with Crippen LogP contribution in [0.15, 0.2) is 60.7 Å². The Hall–Kier alpha value is -2.27. The Morgan fingerprint density at radius 3 is 2.00 bits per heavy atom. The Labute approximate surface area is 152 Å². The van der Waals surface area contributed by atoms with Crippen LogP contribution in [0.4, 0.5) is 8.78 Å². The number of alkyl halides is 2. The molecule has 3 nitrogen and oxygen atoms in total. The topological polar surface area (TPSA) is 29.5 Å². The quantitative estimate of drug-likeness (QED) is 0.721. The third kappa shape index (κ3) is 4.47. The molecule has 26 heavy (non-hydrogen) atoms. The van der Waals surface area contributed by atoms with Gasteiger partial charge in [0.1, 0.15) is 12.1 Å². The summed E-state index contributed by atoms with van der Waals surface area (Å²) in [6, 6.07) is 18.0. The predicted molar refractivity (Wildman–Crippen MR) is 95.9 cm³/mol. The molecular formula is C21H23F2NO2. The number of likely N-dealkylation sites (tertiary alicyclic amines) is 1. The van der Waals surface area contributed by atoms with Crippen LogP contribution in [0, 0.1) is 0 Å². The largest absolute Gasteiger partial charge is 0.456 e. The minimum Gasteiger partial charge on any atom is -0.456 e. The fourth-order valence-corrected chi connectivity index (χ4v) is 3.27. The molecule has 1 heterocycles. The highest BCUT2D eigenvalue weighted by Gasteiger charge is 2.39. The lowest BCUT2D eigenvalue weighted by Gasteiger charge is -2.36. The van der Waals surface area contributed by atoms with E-state index in [1.165, 1.54) is 0 Å². The fourth-order valence-electron chi connectivity index (χ4n) is 3.27. The summed E-state index contributed by atoms with van der Waals surface area (Å²) in [5, 5.41) is 0. The molecule has 0 radical (unpaired) electrons. The van der Waals surface area contributed by atoms with E-state index in [0.717, 1.165) is 11.1 Å². The van der Waals surface area contributed by atoms with Crippen LogP contribution >= 0.6 is 0 Å². The van der Waals surface area contributed by atoms with Crippen molar-refractivity contribution in [2.45, 2.75) is 37.8 Å². The molecule has 0 saturated carbocycles. The number of halogens is 2. The molecule has 2 aromatic carbocycles. The molecule has 0 spiro atoms. The summed E-state index contributed by atoms with van der Waals surface area (Å²) in [6.07, 6.45) is -0.878. The summed E-state index contributed by atoms with van der Waals surface area (Å²) in [7, 11) is 0. The number of carbonyl (C=O) groups excluding carboxylic acids is 1. The van der Waals surface area contributed by atoms with Crippen LogP contribution in [0.3, 0.4) is 0 Å². The first kappa shape index (κ1) is 18.5. The van der Waals surface area contributed by atoms with Gasteiger partial charge < -0.3 is 4.74 Å². The van der Waals surface area contributed by atoms with Gasteiger partial charge in [0.15, 0.2) is 0 Å². The van der Waals surface area contributed by atoms with E-state index in [4.69, 9.17) is 4.74 Å². The molecule has 0 aromatic heterocycles. The minimum atomic E-state index is -2.65. The minimum absolute atomic E-state index is 0.168. The summed E-state index contributed by atoms with van der Waals surface area (Å²) in [6.45, 7) is 2.16. The average Bonchev–Trinajstić information content (AvgIpc) is 2.65. The molecule has 0 aliphatic carbocycles. The zero-order valence-electron chi connectivity index (χ0n) is 14.8. The molecule has 1 aliphatic rings. The second-order valence-electron chi connectivity index (χ2n) is 6.69. The van der Waals surface area contributed by atoms with E-state index in [0.29, 0.717) is 0 Å². The monoisotopic (exact) mass is 359 g/mol. The number of carbonyl (C=O) groups is 1. The fraction of sp³-hybridized carbons (Fsp3) is 0.381. The van der Waals surface area contributed by atoms with Gasteiger partial charge in [-0.15, -0.1) is 0 Å². The number of hydrogen-bond acceptors (Lipinski definition) is 3. The maximum atomic E-state index is 13.5. The Morgan fingerprint density at radius 2 is 1.46 bits per heavy atom. The normalized spacial score (nSPS) is 19.5. The van der Waals surface area contributed by atoms with Crippen molar-refractivity contribution in [3.8, 4) is 0 Å². The number of benzene rings is 2. The first-order valence-corrected chi connectivity index (χ1v) is 8.88. The van der Waals surface area contributed by atoms with Crippen LogP contribution in [-0.2, 0) is 9.53 Å². The van der Waals surface area contributed by atoms with Crippen molar-refractivity contribution in [1.82, 2.24) is 4.90 Å². The van der Waals surface area contributed by atoms with Crippen molar-refractivity contribution in [3.63, 3.8) is 0 Å². The predicted octanol–water partition coefficient (Wildman–Crippen LogP) is 4.76. The number of ether oxygens (including phenoxy) is 1. The van der Waals surface area contributed by atoms with Gasteiger partial charge >= 0.3 is 5.97 Å². The lowest BCUT2D eigenvalue weighted by atomic mass is 10.00. The molecule has 3 rings (SSSR count). The molecule has 0 amide bonds. The molecule has 2 atom stereocenters. The second-order valence-corrected chi connectivity index (χ2v) is 6.69. The van der Waals surface area contributed by atoms with Gasteiger partial charge in [-0.3, -0.25) is 4.90 Å². The number of rotatable bonds is 5. The smallest absolute Gasteiger partial charge is 0.328 e. The highest BCUT2D eigenvalue weighted by molar-refractivity contribution is 5.78. The molecule has 1 fully saturated rings. The van der Waals surface area contributed by atoms with E-state index < -0.39 is 24.0 Å². The van der Waals surface area contributed by atoms with Gasteiger partial charge in [0.2, 0.25) is 0 Å². The van der Waals surface area contributed by atoms with E-state index in [2.05, 4.69) is 0 Å². The summed E-state index contributed by atoms with van der Waals surface area (Å²) in [4.78, 5) is 14.7. The van der Waals surface area contributed by atoms with Gasteiger partial charge in [0.05, 0.1) is 0 Å². The Balaban J connectivity index is 1.78. The van der Waals surface area contributed by atoms with Crippen LogP contribution in [-0.4, -0.2) is 29.9 Å². The van der Waals surface area contributed by atoms with Crippen LogP contribution in [0.5, 0.6) is 0 Å². The maximum absolute atomic E-state index is 13.5. The van der Waals surface area contributed by atoms with Crippen molar-refractivity contribution in [1.29, 1.82) is 0 Å². The summed E-state index contributed by atoms with van der Waals surface area (Å²) in [5.74, 6) is -3.06.